The number of nitrogens with zero attached hydrogens (tertiary/aromatic N) is 2. The predicted molar refractivity (Wildman–Crippen MR) is 56.3 cm³/mol. The summed E-state index contributed by atoms with van der Waals surface area (Å²) >= 11 is 0. The fraction of sp³-hybridized carbons (Fsp3) is 0.700. The highest BCUT2D eigenvalue weighted by Gasteiger charge is 2.33. The summed E-state index contributed by atoms with van der Waals surface area (Å²) in [7, 11) is 0. The van der Waals surface area contributed by atoms with Gasteiger partial charge in [-0.1, -0.05) is 5.16 Å². The zero-order valence-electron chi connectivity index (χ0n) is 9.26. The number of nitrogens with two attached hydrogens (primary N) is 1. The smallest absolute Gasteiger partial charge is 0.292 e. The van der Waals surface area contributed by atoms with Gasteiger partial charge in [0.15, 0.2) is 0 Å². The molecule has 1 aromatic heterocycles. The molecule has 2 heterocycles. The van der Waals surface area contributed by atoms with Crippen LogP contribution in [0.3, 0.4) is 0 Å². The molecule has 92 valence electrons. The highest BCUT2D eigenvalue weighted by atomic mass is 16.5. The molecule has 7 heteroatoms. The van der Waals surface area contributed by atoms with Crippen LogP contribution >= 0.6 is 0 Å². The first-order valence-electron chi connectivity index (χ1n) is 5.72. The lowest BCUT2D eigenvalue weighted by atomic mass is 10.1. The van der Waals surface area contributed by atoms with E-state index in [1.807, 2.05) is 0 Å². The number of nitrogens with one attached hydrogen (secondary N) is 1. The van der Waals surface area contributed by atoms with Crippen molar-refractivity contribution in [1.82, 2.24) is 15.5 Å². The maximum Gasteiger partial charge on any atom is 0.292 e. The monoisotopic (exact) mass is 238 g/mol. The highest BCUT2D eigenvalue weighted by Crippen LogP contribution is 2.23. The molecule has 1 aromatic rings. The number of hydrogen-bond acceptors (Lipinski definition) is 6. The third-order valence-corrected chi connectivity index (χ3v) is 3.00. The molecule has 2 atom stereocenters. The van der Waals surface area contributed by atoms with Gasteiger partial charge in [-0.3, -0.25) is 4.79 Å². The molecule has 1 amide bonds. The van der Waals surface area contributed by atoms with Gasteiger partial charge in [-0.05, 0) is 12.8 Å². The molecule has 1 aliphatic carbocycles. The molecule has 2 fully saturated rings. The maximum atomic E-state index is 11.6. The number of amides is 1. The van der Waals surface area contributed by atoms with Crippen LogP contribution in [-0.4, -0.2) is 41.3 Å². The molecule has 0 bridgehead atoms. The summed E-state index contributed by atoms with van der Waals surface area (Å²) in [5.41, 5.74) is 5.83. The molecule has 1 aliphatic heterocycles. The Hall–Kier alpha value is -1.47. The van der Waals surface area contributed by atoms with E-state index in [0.29, 0.717) is 19.1 Å². The minimum atomic E-state index is -0.282. The molecule has 7 nitrogen and oxygen atoms in total. The summed E-state index contributed by atoms with van der Waals surface area (Å²) in [6.07, 6.45) is 2.05. The lowest BCUT2D eigenvalue weighted by molar-refractivity contribution is 0.0937. The van der Waals surface area contributed by atoms with Crippen LogP contribution in [0.2, 0.25) is 0 Å². The maximum absolute atomic E-state index is 11.6. The van der Waals surface area contributed by atoms with Gasteiger partial charge in [0.2, 0.25) is 5.89 Å². The van der Waals surface area contributed by atoms with Crippen LogP contribution in [0.25, 0.3) is 0 Å². The largest absolute Gasteiger partial charge is 0.379 e. The van der Waals surface area contributed by atoms with E-state index in [4.69, 9.17) is 15.0 Å². The normalized spacial score (nSPS) is 28.3. The van der Waals surface area contributed by atoms with E-state index in [-0.39, 0.29) is 29.7 Å². The summed E-state index contributed by atoms with van der Waals surface area (Å²) < 4.78 is 10.3. The molecule has 2 aliphatic rings. The minimum absolute atomic E-state index is 0.0750. The van der Waals surface area contributed by atoms with E-state index in [0.717, 1.165) is 12.8 Å². The zero-order chi connectivity index (χ0) is 11.8. The van der Waals surface area contributed by atoms with Gasteiger partial charge in [-0.25, -0.2) is 0 Å². The summed E-state index contributed by atoms with van der Waals surface area (Å²) in [4.78, 5) is 15.7. The Labute approximate surface area is 97.7 Å². The van der Waals surface area contributed by atoms with Crippen molar-refractivity contribution in [2.24, 2.45) is 5.73 Å². The number of ether oxygens (including phenoxy) is 1. The number of hydrogen-bond donors (Lipinski definition) is 2. The Morgan fingerprint density at radius 3 is 2.88 bits per heavy atom. The van der Waals surface area contributed by atoms with Crippen molar-refractivity contribution < 1.29 is 14.1 Å². The van der Waals surface area contributed by atoms with Crippen molar-refractivity contribution in [1.29, 1.82) is 0 Å². The van der Waals surface area contributed by atoms with Crippen molar-refractivity contribution in [3.63, 3.8) is 0 Å². The van der Waals surface area contributed by atoms with Crippen LogP contribution in [0.1, 0.15) is 35.3 Å². The topological polar surface area (TPSA) is 103 Å². The van der Waals surface area contributed by atoms with Crippen LogP contribution in [0, 0.1) is 0 Å². The number of aromatic nitrogens is 2. The molecule has 3 rings (SSSR count). The van der Waals surface area contributed by atoms with E-state index >= 15 is 0 Å². The lowest BCUT2D eigenvalue weighted by Gasteiger charge is -2.06. The quantitative estimate of drug-likeness (QED) is 0.729. The molecule has 0 radical (unpaired) electrons. The number of rotatable bonds is 3. The summed E-state index contributed by atoms with van der Waals surface area (Å²) in [6, 6.07) is 0.135. The molecule has 2 unspecified atom stereocenters. The first kappa shape index (κ1) is 10.7. The SMILES string of the molecule is NC1COCC1c1nc(C(=O)NC2CC2)no1. The average Bonchev–Trinajstić information content (AvgIpc) is 2.82. The van der Waals surface area contributed by atoms with Crippen molar-refractivity contribution in [2.45, 2.75) is 30.8 Å². The molecule has 3 N–H and O–H groups in total. The predicted octanol–water partition coefficient (Wildman–Crippen LogP) is -0.597. The van der Waals surface area contributed by atoms with Gasteiger partial charge in [-0.15, -0.1) is 0 Å². The number of carbonyl (C=O) groups excluding carboxylic acids is 1. The van der Waals surface area contributed by atoms with E-state index in [1.54, 1.807) is 0 Å². The average molecular weight is 238 g/mol. The van der Waals surface area contributed by atoms with Gasteiger partial charge in [0, 0.05) is 12.1 Å². The third kappa shape index (κ3) is 2.16. The molecular weight excluding hydrogens is 224 g/mol. The highest BCUT2D eigenvalue weighted by molar-refractivity contribution is 5.90. The molecule has 17 heavy (non-hydrogen) atoms. The Morgan fingerprint density at radius 2 is 2.24 bits per heavy atom. The first-order valence-corrected chi connectivity index (χ1v) is 5.72. The van der Waals surface area contributed by atoms with E-state index in [9.17, 15) is 4.79 Å². The van der Waals surface area contributed by atoms with E-state index in [1.165, 1.54) is 0 Å². The fourth-order valence-corrected chi connectivity index (χ4v) is 1.78. The lowest BCUT2D eigenvalue weighted by Crippen LogP contribution is -2.28. The van der Waals surface area contributed by atoms with Crippen molar-refractivity contribution >= 4 is 5.91 Å². The Balaban J connectivity index is 1.70. The molecule has 0 spiro atoms. The molecular formula is C10H14N4O3. The Kier molecular flexibility index (Phi) is 2.56. The van der Waals surface area contributed by atoms with Crippen LogP contribution in [0.5, 0.6) is 0 Å². The standard InChI is InChI=1S/C10H14N4O3/c11-7-4-16-3-6(7)10-13-8(14-17-10)9(15)12-5-1-2-5/h5-7H,1-4,11H2,(H,12,15). The fourth-order valence-electron chi connectivity index (χ4n) is 1.78. The van der Waals surface area contributed by atoms with Gasteiger partial charge in [0.05, 0.1) is 19.1 Å². The van der Waals surface area contributed by atoms with Crippen LogP contribution in [-0.2, 0) is 4.74 Å². The van der Waals surface area contributed by atoms with Crippen LogP contribution in [0.4, 0.5) is 0 Å². The zero-order valence-corrected chi connectivity index (χ0v) is 9.26. The second kappa shape index (κ2) is 4.08. The van der Waals surface area contributed by atoms with Crippen LogP contribution < -0.4 is 11.1 Å². The Bertz CT molecular complexity index is 429. The first-order chi connectivity index (χ1) is 8.24. The summed E-state index contributed by atoms with van der Waals surface area (Å²) in [5, 5.41) is 6.47. The van der Waals surface area contributed by atoms with E-state index in [2.05, 4.69) is 15.5 Å². The minimum Gasteiger partial charge on any atom is -0.379 e. The van der Waals surface area contributed by atoms with Gasteiger partial charge in [0.1, 0.15) is 0 Å². The molecule has 0 aromatic carbocycles. The van der Waals surface area contributed by atoms with E-state index < -0.39 is 0 Å². The van der Waals surface area contributed by atoms with Gasteiger partial charge >= 0.3 is 0 Å². The molecule has 1 saturated carbocycles. The second-order valence-corrected chi connectivity index (χ2v) is 4.51. The Morgan fingerprint density at radius 1 is 1.41 bits per heavy atom. The van der Waals surface area contributed by atoms with Crippen molar-refractivity contribution in [3.05, 3.63) is 11.7 Å². The van der Waals surface area contributed by atoms with Gasteiger partial charge in [0.25, 0.3) is 11.7 Å². The van der Waals surface area contributed by atoms with Crippen molar-refractivity contribution in [3.8, 4) is 0 Å². The van der Waals surface area contributed by atoms with Crippen molar-refractivity contribution in [2.75, 3.05) is 13.2 Å². The number of carbonyl (C=O) groups is 1. The summed E-state index contributed by atoms with van der Waals surface area (Å²) in [6.45, 7) is 0.948. The molecule has 1 saturated heterocycles. The third-order valence-electron chi connectivity index (χ3n) is 3.00. The van der Waals surface area contributed by atoms with Gasteiger partial charge < -0.3 is 20.3 Å². The summed E-state index contributed by atoms with van der Waals surface area (Å²) in [5.74, 6) is 0.0712. The van der Waals surface area contributed by atoms with Gasteiger partial charge in [-0.2, -0.15) is 4.98 Å². The van der Waals surface area contributed by atoms with Crippen LogP contribution in [0.15, 0.2) is 4.52 Å². The second-order valence-electron chi connectivity index (χ2n) is 4.51.